The van der Waals surface area contributed by atoms with Gasteiger partial charge in [-0.05, 0) is 30.7 Å². The molecule has 0 saturated carbocycles. The lowest BCUT2D eigenvalue weighted by Gasteiger charge is -2.12. The van der Waals surface area contributed by atoms with Crippen molar-refractivity contribution >= 4 is 23.3 Å². The number of aryl methyl sites for hydroxylation is 1. The second-order valence-electron chi connectivity index (χ2n) is 6.57. The summed E-state index contributed by atoms with van der Waals surface area (Å²) in [5.74, 6) is -1.06. The average molecular weight is 403 g/mol. The summed E-state index contributed by atoms with van der Waals surface area (Å²) in [5.41, 5.74) is 2.21. The van der Waals surface area contributed by atoms with Gasteiger partial charge in [-0.3, -0.25) is 9.59 Å². The summed E-state index contributed by atoms with van der Waals surface area (Å²) in [6.07, 6.45) is 0. The Labute approximate surface area is 174 Å². The normalized spacial score (nSPS) is 10.2. The average Bonchev–Trinajstić information content (AvgIpc) is 2.77. The molecule has 3 aromatic rings. The van der Waals surface area contributed by atoms with E-state index in [1.165, 1.54) is 13.2 Å². The highest BCUT2D eigenvalue weighted by Crippen LogP contribution is 2.25. The molecular weight excluding hydrogens is 382 g/mol. The number of benzene rings is 3. The number of ketones is 1. The molecule has 0 aliphatic heterocycles. The van der Waals surface area contributed by atoms with Crippen molar-refractivity contribution in [3.05, 3.63) is 95.1 Å². The zero-order valence-corrected chi connectivity index (χ0v) is 16.7. The second kappa shape index (κ2) is 9.52. The van der Waals surface area contributed by atoms with Gasteiger partial charge in [0, 0.05) is 11.1 Å². The molecule has 152 valence electrons. The molecule has 1 amide bonds. The maximum absolute atomic E-state index is 12.8. The lowest BCUT2D eigenvalue weighted by atomic mass is 9.98. The van der Waals surface area contributed by atoms with E-state index in [1.807, 2.05) is 13.0 Å². The van der Waals surface area contributed by atoms with Crippen LogP contribution in [0.1, 0.15) is 31.8 Å². The smallest absolute Gasteiger partial charge is 0.339 e. The van der Waals surface area contributed by atoms with Gasteiger partial charge in [-0.25, -0.2) is 4.79 Å². The maximum Gasteiger partial charge on any atom is 0.339 e. The largest absolute Gasteiger partial charge is 0.495 e. The van der Waals surface area contributed by atoms with Gasteiger partial charge in [0.15, 0.2) is 12.4 Å². The molecule has 0 saturated heterocycles. The minimum atomic E-state index is -0.749. The van der Waals surface area contributed by atoms with Crippen LogP contribution < -0.4 is 10.1 Å². The van der Waals surface area contributed by atoms with Gasteiger partial charge < -0.3 is 14.8 Å². The summed E-state index contributed by atoms with van der Waals surface area (Å²) in [5, 5.41) is 2.66. The van der Waals surface area contributed by atoms with E-state index in [0.29, 0.717) is 17.0 Å². The van der Waals surface area contributed by atoms with Gasteiger partial charge in [0.05, 0.1) is 18.4 Å². The molecule has 0 aliphatic rings. The topological polar surface area (TPSA) is 81.7 Å². The Morgan fingerprint density at radius 1 is 0.867 bits per heavy atom. The highest BCUT2D eigenvalue weighted by molar-refractivity contribution is 6.14. The number of ether oxygens (including phenoxy) is 2. The SMILES string of the molecule is COc1ccc(C)cc1NC(=O)COC(=O)c1ccccc1C(=O)c1ccccc1. The molecule has 0 radical (unpaired) electrons. The van der Waals surface area contributed by atoms with Crippen molar-refractivity contribution in [2.45, 2.75) is 6.92 Å². The van der Waals surface area contributed by atoms with Crippen LogP contribution in [0.15, 0.2) is 72.8 Å². The molecule has 0 bridgehead atoms. The number of anilines is 1. The molecule has 0 spiro atoms. The summed E-state index contributed by atoms with van der Waals surface area (Å²) in [6, 6.07) is 20.4. The first kappa shape index (κ1) is 20.8. The van der Waals surface area contributed by atoms with Crippen molar-refractivity contribution in [2.75, 3.05) is 19.0 Å². The zero-order chi connectivity index (χ0) is 21.5. The number of nitrogens with one attached hydrogen (secondary N) is 1. The monoisotopic (exact) mass is 403 g/mol. The fraction of sp³-hybridized carbons (Fsp3) is 0.125. The highest BCUT2D eigenvalue weighted by atomic mass is 16.5. The van der Waals surface area contributed by atoms with Crippen LogP contribution in [0.2, 0.25) is 0 Å². The number of amides is 1. The molecule has 30 heavy (non-hydrogen) atoms. The fourth-order valence-corrected chi connectivity index (χ4v) is 2.92. The molecule has 3 aromatic carbocycles. The van der Waals surface area contributed by atoms with Gasteiger partial charge in [0.25, 0.3) is 5.91 Å². The van der Waals surface area contributed by atoms with Crippen molar-refractivity contribution in [1.29, 1.82) is 0 Å². The Hall–Kier alpha value is -3.93. The van der Waals surface area contributed by atoms with Crippen LogP contribution in [0.25, 0.3) is 0 Å². The molecule has 1 N–H and O–H groups in total. The molecule has 0 aliphatic carbocycles. The Morgan fingerprint density at radius 2 is 1.53 bits per heavy atom. The quantitative estimate of drug-likeness (QED) is 0.476. The number of carbonyl (C=O) groups excluding carboxylic acids is 3. The van der Waals surface area contributed by atoms with E-state index in [2.05, 4.69) is 5.32 Å². The number of carbonyl (C=O) groups is 3. The lowest BCUT2D eigenvalue weighted by molar-refractivity contribution is -0.119. The van der Waals surface area contributed by atoms with Gasteiger partial charge in [-0.1, -0.05) is 54.6 Å². The number of hydrogen-bond acceptors (Lipinski definition) is 5. The van der Waals surface area contributed by atoms with Crippen molar-refractivity contribution in [3.63, 3.8) is 0 Å². The molecule has 0 aromatic heterocycles. The predicted octanol–water partition coefficient (Wildman–Crippen LogP) is 4.03. The molecule has 6 heteroatoms. The number of esters is 1. The first-order valence-electron chi connectivity index (χ1n) is 9.30. The summed E-state index contributed by atoms with van der Waals surface area (Å²) >= 11 is 0. The van der Waals surface area contributed by atoms with E-state index in [-0.39, 0.29) is 16.9 Å². The fourth-order valence-electron chi connectivity index (χ4n) is 2.92. The van der Waals surface area contributed by atoms with E-state index in [4.69, 9.17) is 9.47 Å². The van der Waals surface area contributed by atoms with Gasteiger partial charge in [-0.2, -0.15) is 0 Å². The third-order valence-corrected chi connectivity index (χ3v) is 4.39. The van der Waals surface area contributed by atoms with Gasteiger partial charge in [-0.15, -0.1) is 0 Å². The summed E-state index contributed by atoms with van der Waals surface area (Å²) in [6.45, 7) is 1.39. The molecule has 0 unspecified atom stereocenters. The van der Waals surface area contributed by atoms with Crippen LogP contribution in [0.3, 0.4) is 0 Å². The number of methoxy groups -OCH3 is 1. The molecule has 6 nitrogen and oxygen atoms in total. The van der Waals surface area contributed by atoms with Crippen LogP contribution in [0.5, 0.6) is 5.75 Å². The van der Waals surface area contributed by atoms with Gasteiger partial charge in [0.2, 0.25) is 0 Å². The van der Waals surface area contributed by atoms with Crippen molar-refractivity contribution in [1.82, 2.24) is 0 Å². The molecule has 0 fully saturated rings. The van der Waals surface area contributed by atoms with Crippen molar-refractivity contribution in [3.8, 4) is 5.75 Å². The first-order valence-corrected chi connectivity index (χ1v) is 9.30. The summed E-state index contributed by atoms with van der Waals surface area (Å²) in [7, 11) is 1.50. The highest BCUT2D eigenvalue weighted by Gasteiger charge is 2.20. The van der Waals surface area contributed by atoms with Gasteiger partial charge in [0.1, 0.15) is 5.75 Å². The maximum atomic E-state index is 12.8. The van der Waals surface area contributed by atoms with Crippen LogP contribution in [0.4, 0.5) is 5.69 Å². The molecule has 0 heterocycles. The van der Waals surface area contributed by atoms with Crippen molar-refractivity contribution in [2.24, 2.45) is 0 Å². The second-order valence-corrected chi connectivity index (χ2v) is 6.57. The zero-order valence-electron chi connectivity index (χ0n) is 16.7. The van der Waals surface area contributed by atoms with Crippen LogP contribution in [-0.4, -0.2) is 31.4 Å². The Balaban J connectivity index is 1.69. The van der Waals surface area contributed by atoms with E-state index < -0.39 is 18.5 Å². The number of rotatable bonds is 7. The standard InChI is InChI=1S/C24H21NO5/c1-16-12-13-21(29-2)20(14-16)25-22(26)15-30-24(28)19-11-7-6-10-18(19)23(27)17-8-4-3-5-9-17/h3-14H,15H2,1-2H3,(H,25,26). The van der Waals surface area contributed by atoms with Gasteiger partial charge >= 0.3 is 5.97 Å². The van der Waals surface area contributed by atoms with E-state index in [0.717, 1.165) is 5.56 Å². The summed E-state index contributed by atoms with van der Waals surface area (Å²) in [4.78, 5) is 37.6. The lowest BCUT2D eigenvalue weighted by Crippen LogP contribution is -2.22. The predicted molar refractivity (Wildman–Crippen MR) is 113 cm³/mol. The third kappa shape index (κ3) is 4.91. The van der Waals surface area contributed by atoms with Crippen LogP contribution in [0, 0.1) is 6.92 Å². The molecule has 3 rings (SSSR count). The molecular formula is C24H21NO5. The van der Waals surface area contributed by atoms with Crippen LogP contribution >= 0.6 is 0 Å². The van der Waals surface area contributed by atoms with E-state index in [9.17, 15) is 14.4 Å². The summed E-state index contributed by atoms with van der Waals surface area (Å²) < 4.78 is 10.4. The Bertz CT molecular complexity index is 1080. The number of hydrogen-bond donors (Lipinski definition) is 1. The van der Waals surface area contributed by atoms with E-state index >= 15 is 0 Å². The van der Waals surface area contributed by atoms with Crippen LogP contribution in [-0.2, 0) is 9.53 Å². The van der Waals surface area contributed by atoms with E-state index in [1.54, 1.807) is 60.7 Å². The minimum absolute atomic E-state index is 0.104. The third-order valence-electron chi connectivity index (χ3n) is 4.39. The Morgan fingerprint density at radius 3 is 2.23 bits per heavy atom. The minimum Gasteiger partial charge on any atom is -0.495 e. The molecule has 0 atom stereocenters. The van der Waals surface area contributed by atoms with Crippen molar-refractivity contribution < 1.29 is 23.9 Å². The Kier molecular flexibility index (Phi) is 6.60. The first-order chi connectivity index (χ1) is 14.5.